The first kappa shape index (κ1) is 29.2. The maximum atomic E-state index is 13.2. The number of ether oxygens (including phenoxy) is 1. The maximum Gasteiger partial charge on any atom is 0.306 e. The van der Waals surface area contributed by atoms with Gasteiger partial charge in [-0.15, -0.1) is 0 Å². The van der Waals surface area contributed by atoms with E-state index in [1.807, 2.05) is 29.8 Å². The molecule has 0 unspecified atom stereocenters. The summed E-state index contributed by atoms with van der Waals surface area (Å²) in [4.78, 5) is 46.2. The Kier molecular flexibility index (Phi) is 7.74. The van der Waals surface area contributed by atoms with E-state index in [4.69, 9.17) is 15.5 Å². The number of aromatic nitrogens is 3. The summed E-state index contributed by atoms with van der Waals surface area (Å²) >= 11 is 2.29. The zero-order chi connectivity index (χ0) is 29.7. The zero-order valence-electron chi connectivity index (χ0n) is 23.7. The number of primary amides is 1. The quantitative estimate of drug-likeness (QED) is 0.274. The Morgan fingerprint density at radius 3 is 2.68 bits per heavy atom. The fourth-order valence-corrected chi connectivity index (χ4v) is 6.09. The third-order valence-corrected chi connectivity index (χ3v) is 8.29. The minimum Gasteiger partial charge on any atom is -0.460 e. The number of hydrogen-bond acceptors (Lipinski definition) is 8. The van der Waals surface area contributed by atoms with Crippen LogP contribution < -0.4 is 10.6 Å². The molecule has 2 amide bonds. The van der Waals surface area contributed by atoms with E-state index in [0.717, 1.165) is 38.1 Å². The maximum absolute atomic E-state index is 13.2. The molecular weight excluding hydrogens is 639 g/mol. The molecule has 12 heteroatoms. The molecule has 2 aliphatic heterocycles. The summed E-state index contributed by atoms with van der Waals surface area (Å²) in [5, 5.41) is 16.0. The molecule has 1 aromatic carbocycles. The SMILES string of the molecule is CC(C)(C)OC(=O)CC[C@@H](C(N)=O)N1Cc2cc(Cn3ncc4c(I)cc(N5CC[C@](C)(O)C5)nc43)ccc2C1=O. The van der Waals surface area contributed by atoms with Gasteiger partial charge in [-0.25, -0.2) is 9.67 Å². The van der Waals surface area contributed by atoms with Crippen LogP contribution in [0, 0.1) is 3.57 Å². The van der Waals surface area contributed by atoms with Crippen LogP contribution in [0.4, 0.5) is 5.82 Å². The molecule has 2 aromatic heterocycles. The van der Waals surface area contributed by atoms with E-state index in [9.17, 15) is 19.5 Å². The van der Waals surface area contributed by atoms with Crippen LogP contribution in [0.25, 0.3) is 11.0 Å². The number of carbonyl (C=O) groups excluding carboxylic acids is 3. The monoisotopic (exact) mass is 674 g/mol. The van der Waals surface area contributed by atoms with Gasteiger partial charge in [0.2, 0.25) is 5.91 Å². The Morgan fingerprint density at radius 2 is 2.02 bits per heavy atom. The minimum absolute atomic E-state index is 0.0224. The molecule has 11 nitrogen and oxygen atoms in total. The van der Waals surface area contributed by atoms with Crippen molar-refractivity contribution in [2.75, 3.05) is 18.0 Å². The van der Waals surface area contributed by atoms with Gasteiger partial charge in [-0.2, -0.15) is 5.10 Å². The number of aliphatic hydroxyl groups is 1. The van der Waals surface area contributed by atoms with Crippen LogP contribution in [0.5, 0.6) is 0 Å². The van der Waals surface area contributed by atoms with E-state index in [-0.39, 0.29) is 25.3 Å². The van der Waals surface area contributed by atoms with Gasteiger partial charge in [0.1, 0.15) is 17.5 Å². The number of nitrogens with two attached hydrogens (primary N) is 1. The summed E-state index contributed by atoms with van der Waals surface area (Å²) in [7, 11) is 0. The summed E-state index contributed by atoms with van der Waals surface area (Å²) in [6.45, 7) is 9.07. The Bertz CT molecular complexity index is 1530. The van der Waals surface area contributed by atoms with Crippen molar-refractivity contribution in [3.8, 4) is 0 Å². The molecule has 218 valence electrons. The number of fused-ring (bicyclic) bond motifs is 2. The lowest BCUT2D eigenvalue weighted by molar-refractivity contribution is -0.155. The van der Waals surface area contributed by atoms with Gasteiger partial charge < -0.3 is 25.4 Å². The van der Waals surface area contributed by atoms with Crippen LogP contribution in [0.1, 0.15) is 68.4 Å². The second-order valence-corrected chi connectivity index (χ2v) is 13.3. The van der Waals surface area contributed by atoms with Crippen LogP contribution in [-0.4, -0.2) is 72.9 Å². The summed E-state index contributed by atoms with van der Waals surface area (Å²) < 4.78 is 8.21. The van der Waals surface area contributed by atoms with Gasteiger partial charge in [-0.05, 0) is 86.4 Å². The van der Waals surface area contributed by atoms with Crippen molar-refractivity contribution in [2.24, 2.45) is 5.73 Å². The van der Waals surface area contributed by atoms with Gasteiger partial charge in [0.05, 0.1) is 23.7 Å². The Hall–Kier alpha value is -3.26. The lowest BCUT2D eigenvalue weighted by atomic mass is 10.1. The van der Waals surface area contributed by atoms with E-state index >= 15 is 0 Å². The largest absolute Gasteiger partial charge is 0.460 e. The third kappa shape index (κ3) is 6.32. The lowest BCUT2D eigenvalue weighted by Crippen LogP contribution is -2.45. The van der Waals surface area contributed by atoms with E-state index < -0.39 is 29.1 Å². The first-order valence-electron chi connectivity index (χ1n) is 13.6. The third-order valence-electron chi connectivity index (χ3n) is 7.40. The fourth-order valence-electron chi connectivity index (χ4n) is 5.43. The molecule has 5 rings (SSSR count). The standard InChI is InChI=1S/C29H35IN6O5/c1-28(2,3)41-24(37)8-7-22(25(31)38)35-15-18-11-17(5-6-19(18)27(35)39)14-36-26-20(13-32-36)21(30)12-23(33-26)34-10-9-29(4,40)16-34/h5-6,11-13,22,40H,7-10,14-16H2,1-4H3,(H2,31,38)/t22-,29-/m0/s1. The molecule has 2 aliphatic rings. The smallest absolute Gasteiger partial charge is 0.306 e. The number of nitrogens with zero attached hydrogens (tertiary/aromatic N) is 5. The highest BCUT2D eigenvalue weighted by Crippen LogP contribution is 2.31. The van der Waals surface area contributed by atoms with E-state index in [0.29, 0.717) is 25.1 Å². The van der Waals surface area contributed by atoms with Crippen molar-refractivity contribution in [3.63, 3.8) is 0 Å². The van der Waals surface area contributed by atoms with E-state index in [1.54, 1.807) is 33.0 Å². The molecule has 0 spiro atoms. The minimum atomic E-state index is -0.919. The predicted octanol–water partition coefficient (Wildman–Crippen LogP) is 2.98. The fraction of sp³-hybridized carbons (Fsp3) is 0.483. The highest BCUT2D eigenvalue weighted by Gasteiger charge is 2.36. The van der Waals surface area contributed by atoms with Crippen molar-refractivity contribution < 1.29 is 24.2 Å². The topological polar surface area (TPSA) is 144 Å². The number of pyridine rings is 1. The molecule has 4 heterocycles. The van der Waals surface area contributed by atoms with Gasteiger partial charge >= 0.3 is 5.97 Å². The molecule has 1 saturated heterocycles. The summed E-state index contributed by atoms with van der Waals surface area (Å²) in [6.07, 6.45) is 2.56. The van der Waals surface area contributed by atoms with Crippen LogP contribution >= 0.6 is 22.6 Å². The second kappa shape index (κ2) is 10.9. The second-order valence-electron chi connectivity index (χ2n) is 12.1. The normalized spacial score (nSPS) is 19.6. The van der Waals surface area contributed by atoms with Crippen LogP contribution in [-0.2, 0) is 27.4 Å². The molecule has 0 bridgehead atoms. The molecule has 2 atom stereocenters. The number of carbonyl (C=O) groups is 3. The van der Waals surface area contributed by atoms with Crippen LogP contribution in [0.15, 0.2) is 30.5 Å². The van der Waals surface area contributed by atoms with Gasteiger partial charge in [-0.1, -0.05) is 12.1 Å². The molecule has 0 aliphatic carbocycles. The van der Waals surface area contributed by atoms with Crippen LogP contribution in [0.3, 0.4) is 0 Å². The number of β-amino-alcohol motifs (C(OH)–C–C–N with tert-alkyl or cyclic N) is 1. The lowest BCUT2D eigenvalue weighted by Gasteiger charge is -2.25. The average Bonchev–Trinajstić information content (AvgIpc) is 3.53. The molecule has 0 radical (unpaired) electrons. The number of benzene rings is 1. The van der Waals surface area contributed by atoms with E-state index in [2.05, 4.69) is 32.6 Å². The summed E-state index contributed by atoms with van der Waals surface area (Å²) in [5.41, 5.74) is 7.26. The Labute approximate surface area is 252 Å². The highest BCUT2D eigenvalue weighted by atomic mass is 127. The molecule has 3 N–H and O–H groups in total. The number of halogens is 1. The Morgan fingerprint density at radius 1 is 1.27 bits per heavy atom. The van der Waals surface area contributed by atoms with Gasteiger partial charge in [-0.3, -0.25) is 14.4 Å². The Balaban J connectivity index is 1.33. The highest BCUT2D eigenvalue weighted by molar-refractivity contribution is 14.1. The van der Waals surface area contributed by atoms with Gasteiger partial charge in [0, 0.05) is 35.2 Å². The van der Waals surface area contributed by atoms with Crippen molar-refractivity contribution in [3.05, 3.63) is 50.7 Å². The van der Waals surface area contributed by atoms with Crippen molar-refractivity contribution in [1.82, 2.24) is 19.7 Å². The van der Waals surface area contributed by atoms with Crippen molar-refractivity contribution in [1.29, 1.82) is 0 Å². The molecule has 0 saturated carbocycles. The summed E-state index contributed by atoms with van der Waals surface area (Å²) in [6, 6.07) is 6.68. The molecule has 1 fully saturated rings. The predicted molar refractivity (Wildman–Crippen MR) is 161 cm³/mol. The number of anilines is 1. The van der Waals surface area contributed by atoms with E-state index in [1.165, 1.54) is 4.90 Å². The number of amides is 2. The number of esters is 1. The van der Waals surface area contributed by atoms with Crippen molar-refractivity contribution in [2.45, 2.75) is 77.3 Å². The van der Waals surface area contributed by atoms with Crippen molar-refractivity contribution >= 4 is 57.2 Å². The first-order chi connectivity index (χ1) is 19.2. The van der Waals surface area contributed by atoms with Gasteiger partial charge in [0.15, 0.2) is 5.65 Å². The number of hydrogen-bond donors (Lipinski definition) is 2. The van der Waals surface area contributed by atoms with Crippen LogP contribution in [0.2, 0.25) is 0 Å². The average molecular weight is 675 g/mol. The molecule has 3 aromatic rings. The van der Waals surface area contributed by atoms with Gasteiger partial charge in [0.25, 0.3) is 5.91 Å². The molecule has 41 heavy (non-hydrogen) atoms. The zero-order valence-corrected chi connectivity index (χ0v) is 25.8. The first-order valence-corrected chi connectivity index (χ1v) is 14.7. The summed E-state index contributed by atoms with van der Waals surface area (Å²) in [5.74, 6) is -0.580. The molecular formula is C29H35IN6O5. The number of rotatable bonds is 8.